The highest BCUT2D eigenvalue weighted by Gasteiger charge is 2.56. The van der Waals surface area contributed by atoms with Crippen molar-refractivity contribution in [3.05, 3.63) is 88.5 Å². The van der Waals surface area contributed by atoms with Crippen LogP contribution >= 0.6 is 0 Å². The van der Waals surface area contributed by atoms with Crippen LogP contribution in [-0.4, -0.2) is 144 Å². The summed E-state index contributed by atoms with van der Waals surface area (Å²) in [6.45, 7) is 6.33. The van der Waals surface area contributed by atoms with Gasteiger partial charge in [0.1, 0.15) is 60.6 Å². The SMILES string of the molecule is CO[C@@H]1OC(CNC(=O)C(CCC(=O)NCC2O[C@@H](O)C(O)C3OC(C)(C)O[C@@H]23)NC(=O)CCc2cc(Oc3ccccc3)c(N)c3c2C(=O)c2ccccc2C3=O)[C@@H]2OC(C)(C)OC2C1O. The molecule has 5 aliphatic rings. The first-order valence-corrected chi connectivity index (χ1v) is 22.1. The fraction of sp³-hybridized carbons (Fsp3) is 0.511. The van der Waals surface area contributed by atoms with Crippen LogP contribution in [0.2, 0.25) is 0 Å². The van der Waals surface area contributed by atoms with Crippen LogP contribution in [0.3, 0.4) is 0 Å². The third kappa shape index (κ3) is 10.1. The van der Waals surface area contributed by atoms with E-state index in [1.165, 1.54) is 13.2 Å². The van der Waals surface area contributed by atoms with Crippen molar-refractivity contribution in [2.45, 2.75) is 132 Å². The lowest BCUT2D eigenvalue weighted by atomic mass is 9.80. The number of amides is 3. The first-order valence-electron chi connectivity index (χ1n) is 22.1. The molecule has 0 bridgehead atoms. The fourth-order valence-electron chi connectivity index (χ4n) is 9.20. The molecule has 3 amide bonds. The maximum atomic E-state index is 14.1. The first-order chi connectivity index (χ1) is 31.8. The predicted octanol–water partition coefficient (Wildman–Crippen LogP) is 1.12. The van der Waals surface area contributed by atoms with Crippen molar-refractivity contribution in [1.82, 2.24) is 16.0 Å². The van der Waals surface area contributed by atoms with Crippen molar-refractivity contribution >= 4 is 35.0 Å². The van der Waals surface area contributed by atoms with Gasteiger partial charge in [-0.1, -0.05) is 42.5 Å². The molecule has 8 rings (SSSR count). The summed E-state index contributed by atoms with van der Waals surface area (Å²) in [6, 6.07) is 15.3. The molecule has 3 aromatic rings. The van der Waals surface area contributed by atoms with Crippen LogP contribution in [0.5, 0.6) is 11.5 Å². The molecular weight excluding hydrogens is 877 g/mol. The third-order valence-electron chi connectivity index (χ3n) is 12.3. The van der Waals surface area contributed by atoms with Crippen LogP contribution in [0.25, 0.3) is 0 Å². The van der Waals surface area contributed by atoms with Crippen LogP contribution in [0.4, 0.5) is 5.69 Å². The number of anilines is 1. The molecule has 0 saturated carbocycles. The number of rotatable bonds is 15. The summed E-state index contributed by atoms with van der Waals surface area (Å²) in [7, 11) is 1.35. The summed E-state index contributed by atoms with van der Waals surface area (Å²) in [6.07, 6.45) is -11.3. The van der Waals surface area contributed by atoms with E-state index in [1.54, 1.807) is 82.3 Å². The highest BCUT2D eigenvalue weighted by molar-refractivity contribution is 6.31. The number of carbonyl (C=O) groups excluding carboxylic acids is 5. The van der Waals surface area contributed by atoms with Gasteiger partial charge in [0.2, 0.25) is 17.7 Å². The average Bonchev–Trinajstić information content (AvgIpc) is 3.82. The van der Waals surface area contributed by atoms with Gasteiger partial charge in [-0.05, 0) is 64.3 Å². The van der Waals surface area contributed by atoms with E-state index in [9.17, 15) is 39.3 Å². The summed E-state index contributed by atoms with van der Waals surface area (Å²) in [5.74, 6) is -4.43. The van der Waals surface area contributed by atoms with Crippen molar-refractivity contribution in [1.29, 1.82) is 0 Å². The number of para-hydroxylation sites is 1. The van der Waals surface area contributed by atoms with Gasteiger partial charge in [-0.2, -0.15) is 0 Å². The number of aliphatic hydroxyl groups excluding tert-OH is 3. The van der Waals surface area contributed by atoms with Gasteiger partial charge in [0.05, 0.1) is 11.3 Å². The maximum absolute atomic E-state index is 14.1. The first kappa shape index (κ1) is 48.1. The second kappa shape index (κ2) is 19.3. The summed E-state index contributed by atoms with van der Waals surface area (Å²) in [5, 5.41) is 39.9. The smallest absolute Gasteiger partial charge is 0.242 e. The van der Waals surface area contributed by atoms with E-state index in [-0.39, 0.29) is 72.5 Å². The van der Waals surface area contributed by atoms with E-state index < -0.39 is 108 Å². The van der Waals surface area contributed by atoms with Crippen molar-refractivity contribution in [2.75, 3.05) is 25.9 Å². The highest BCUT2D eigenvalue weighted by Crippen LogP contribution is 2.42. The van der Waals surface area contributed by atoms with E-state index in [0.29, 0.717) is 11.3 Å². The van der Waals surface area contributed by atoms with Gasteiger partial charge < -0.3 is 74.9 Å². The number of ether oxygens (including phenoxy) is 8. The van der Waals surface area contributed by atoms with Gasteiger partial charge in [0.15, 0.2) is 41.5 Å². The van der Waals surface area contributed by atoms with E-state index in [0.717, 1.165) is 0 Å². The molecule has 7 unspecified atom stereocenters. The Bertz CT molecular complexity index is 2380. The minimum absolute atomic E-state index is 0.0378. The number of carbonyl (C=O) groups is 5. The molecule has 0 spiro atoms. The molecule has 67 heavy (non-hydrogen) atoms. The number of nitrogens with one attached hydrogen (secondary N) is 3. The number of ketones is 2. The average molecular weight is 933 g/mol. The quantitative estimate of drug-likeness (QED) is 0.0823. The van der Waals surface area contributed by atoms with Gasteiger partial charge in [0.25, 0.3) is 0 Å². The Labute approximate surface area is 385 Å². The molecule has 4 aliphatic heterocycles. The van der Waals surface area contributed by atoms with Gasteiger partial charge in [-0.25, -0.2) is 0 Å². The number of aryl methyl sites for hydroxylation is 1. The zero-order valence-corrected chi connectivity index (χ0v) is 37.6. The minimum atomic E-state index is -1.60. The molecule has 4 saturated heterocycles. The topological polar surface area (TPSA) is 282 Å². The predicted molar refractivity (Wildman–Crippen MR) is 232 cm³/mol. The second-order valence-electron chi connectivity index (χ2n) is 18.0. The number of nitrogens with two attached hydrogens (primary N) is 1. The zero-order chi connectivity index (χ0) is 47.9. The number of hydrogen-bond donors (Lipinski definition) is 7. The van der Waals surface area contributed by atoms with Crippen LogP contribution in [0, 0.1) is 0 Å². The van der Waals surface area contributed by atoms with Crippen molar-refractivity contribution in [3.8, 4) is 11.5 Å². The number of hydrogen-bond acceptors (Lipinski definition) is 17. The normalized spacial score (nSPS) is 29.4. The summed E-state index contributed by atoms with van der Waals surface area (Å²) in [4.78, 5) is 69.4. The number of nitrogen functional groups attached to an aromatic ring is 1. The van der Waals surface area contributed by atoms with Gasteiger partial charge in [0, 0.05) is 49.7 Å². The molecule has 8 N–H and O–H groups in total. The number of benzene rings is 3. The molecule has 4 heterocycles. The molecule has 3 aromatic carbocycles. The number of methoxy groups -OCH3 is 1. The molecule has 1 aliphatic carbocycles. The highest BCUT2D eigenvalue weighted by atomic mass is 16.8. The minimum Gasteiger partial charge on any atom is -0.455 e. The molecule has 20 nitrogen and oxygen atoms in total. The van der Waals surface area contributed by atoms with Crippen LogP contribution in [0.1, 0.15) is 84.4 Å². The van der Waals surface area contributed by atoms with Crippen molar-refractivity contribution in [2.24, 2.45) is 0 Å². The Morgan fingerprint density at radius 3 is 1.94 bits per heavy atom. The number of fused-ring (bicyclic) bond motifs is 4. The standard InChI is InChI=1S/C47H56N4O16/c1-46(2)64-39-28(62-44(59)37(56)41(39)66-46)20-49-30(52)18-16-26(43(58)50-21-29-40-42(67-47(3,4)65-40)38(57)45(60-5)63-29)51-31(53)17-15-22-19-27(61-23-11-7-6-8-12-23)34(48)33-32(22)35(54)24-13-9-10-14-25(24)36(33)55/h6-14,19,26,28-29,37-42,44-45,56-57,59H,15-18,20-21,48H2,1-5H3,(H,49,52)(H,50,58)(H,51,53)/t26?,28?,29?,37?,38?,39-,40-,41?,42?,44+,45+/m0/s1. The Kier molecular flexibility index (Phi) is 13.9. The molecule has 4 fully saturated rings. The second-order valence-corrected chi connectivity index (χ2v) is 18.0. The van der Waals surface area contributed by atoms with Crippen LogP contribution < -0.4 is 26.4 Å². The molecule has 0 radical (unpaired) electrons. The van der Waals surface area contributed by atoms with Gasteiger partial charge in [-0.3, -0.25) is 24.0 Å². The van der Waals surface area contributed by atoms with E-state index in [4.69, 9.17) is 43.6 Å². The lowest BCUT2D eigenvalue weighted by Gasteiger charge is -2.39. The van der Waals surface area contributed by atoms with Crippen LogP contribution in [-0.2, 0) is 54.0 Å². The van der Waals surface area contributed by atoms with E-state index >= 15 is 0 Å². The van der Waals surface area contributed by atoms with Crippen molar-refractivity contribution in [3.63, 3.8) is 0 Å². The van der Waals surface area contributed by atoms with Gasteiger partial charge >= 0.3 is 0 Å². The molecule has 360 valence electrons. The Hall–Kier alpha value is -5.39. The summed E-state index contributed by atoms with van der Waals surface area (Å²) in [5.41, 5.74) is 7.20. The van der Waals surface area contributed by atoms with Crippen molar-refractivity contribution < 1.29 is 77.2 Å². The lowest BCUT2D eigenvalue weighted by molar-refractivity contribution is -0.267. The Balaban J connectivity index is 0.989. The Morgan fingerprint density at radius 1 is 0.731 bits per heavy atom. The largest absolute Gasteiger partial charge is 0.455 e. The van der Waals surface area contributed by atoms with E-state index in [2.05, 4.69) is 16.0 Å². The molecule has 20 heteroatoms. The molecule has 0 aromatic heterocycles. The van der Waals surface area contributed by atoms with Crippen LogP contribution in [0.15, 0.2) is 60.7 Å². The molecule has 11 atom stereocenters. The van der Waals surface area contributed by atoms with E-state index in [1.807, 2.05) is 0 Å². The maximum Gasteiger partial charge on any atom is 0.242 e. The fourth-order valence-corrected chi connectivity index (χ4v) is 9.20. The third-order valence-corrected chi connectivity index (χ3v) is 12.3. The monoisotopic (exact) mass is 932 g/mol. The van der Waals surface area contributed by atoms with Gasteiger partial charge in [-0.15, -0.1) is 0 Å². The zero-order valence-electron chi connectivity index (χ0n) is 37.6. The Morgan fingerprint density at radius 2 is 1.30 bits per heavy atom. The number of aliphatic hydroxyl groups is 3. The lowest BCUT2D eigenvalue weighted by Crippen LogP contribution is -2.60. The summed E-state index contributed by atoms with van der Waals surface area (Å²) >= 11 is 0. The molecular formula is C47H56N4O16. The summed E-state index contributed by atoms with van der Waals surface area (Å²) < 4.78 is 46.6.